The van der Waals surface area contributed by atoms with Crippen LogP contribution in [0, 0.1) is 22.7 Å². The third-order valence-electron chi connectivity index (χ3n) is 12.2. The minimum absolute atomic E-state index is 0.0427. The van der Waals surface area contributed by atoms with E-state index in [1.807, 2.05) is 93.3 Å². The molecule has 25 nitrogen and oxygen atoms in total. The molecule has 3 aliphatic heterocycles. The molecule has 0 aliphatic carbocycles. The van der Waals surface area contributed by atoms with Crippen LogP contribution in [0.3, 0.4) is 0 Å². The SMILES string of the molecule is C=O.CC.CC.CC.CC.CCC(CCCCCNC(=O)CCCCC1SCC2NC(=O)NC21)OP(C)OCCC#N.CCCCCCCOP(=O)(O)OC1CC(C)OC1COP(O)O.CCCOCCOCCOCCOCCOCCOP(C)OCCC#N. The topological polar surface area (TPSA) is 333 Å². The molecule has 3 fully saturated rings. The van der Waals surface area contributed by atoms with Crippen molar-refractivity contribution < 1.29 is 93.7 Å². The van der Waals surface area contributed by atoms with Crippen LogP contribution in [0.1, 0.15) is 199 Å². The first-order valence-corrected chi connectivity index (χ1v) is 40.2. The number of nitrogens with zero attached hydrogens (tertiary/aromatic N) is 2. The fourth-order valence-corrected chi connectivity index (χ4v) is 12.7. The lowest BCUT2D eigenvalue weighted by Gasteiger charge is -2.21. The van der Waals surface area contributed by atoms with Crippen LogP contribution in [-0.4, -0.2) is 200 Å². The Labute approximate surface area is 558 Å². The van der Waals surface area contributed by atoms with Crippen molar-refractivity contribution in [2.45, 2.75) is 240 Å². The van der Waals surface area contributed by atoms with Crippen molar-refractivity contribution in [3.8, 4) is 12.1 Å². The van der Waals surface area contributed by atoms with Gasteiger partial charge in [-0.05, 0) is 51.9 Å². The Hall–Kier alpha value is -1.38. The minimum Gasteiger partial charge on any atom is -0.379 e. The zero-order valence-electron chi connectivity index (χ0n) is 58.4. The van der Waals surface area contributed by atoms with E-state index >= 15 is 0 Å². The Morgan fingerprint density at radius 1 is 0.703 bits per heavy atom. The van der Waals surface area contributed by atoms with Crippen LogP contribution in [-0.2, 0) is 74.2 Å². The van der Waals surface area contributed by atoms with E-state index in [0.29, 0.717) is 117 Å². The van der Waals surface area contributed by atoms with Crippen LogP contribution in [0.25, 0.3) is 0 Å². The van der Waals surface area contributed by atoms with Gasteiger partial charge in [0.1, 0.15) is 19.0 Å². The Kier molecular flexibility index (Phi) is 82.1. The lowest BCUT2D eigenvalue weighted by atomic mass is 10.0. The summed E-state index contributed by atoms with van der Waals surface area (Å²) in [7, 11) is -8.51. The Bertz CT molecular complexity index is 1700. The van der Waals surface area contributed by atoms with Crippen LogP contribution >= 0.6 is 44.9 Å². The minimum atomic E-state index is -4.16. The van der Waals surface area contributed by atoms with Crippen LogP contribution < -0.4 is 16.0 Å². The molecule has 542 valence electrons. The number of hydrogen-bond donors (Lipinski definition) is 6. The van der Waals surface area contributed by atoms with E-state index in [1.54, 1.807) is 6.92 Å². The summed E-state index contributed by atoms with van der Waals surface area (Å²) in [5.41, 5.74) is 0. The smallest absolute Gasteiger partial charge is 0.379 e. The lowest BCUT2D eigenvalue weighted by Crippen LogP contribution is -2.36. The predicted molar refractivity (Wildman–Crippen MR) is 367 cm³/mol. The number of fused-ring (bicyclic) bond motifs is 1. The number of ether oxygens (including phenoxy) is 6. The molecule has 3 aliphatic rings. The molecular formula is C61H127N5O20P4S. The molecule has 0 saturated carbocycles. The molecule has 0 radical (unpaired) electrons. The summed E-state index contributed by atoms with van der Waals surface area (Å²) in [6, 6.07) is 4.57. The molecule has 0 aromatic carbocycles. The lowest BCUT2D eigenvalue weighted by molar-refractivity contribution is -0.121. The fraction of sp³-hybridized carbons (Fsp3) is 0.918. The molecule has 10 unspecified atom stereocenters. The van der Waals surface area contributed by atoms with Gasteiger partial charge in [-0.1, -0.05) is 121 Å². The summed E-state index contributed by atoms with van der Waals surface area (Å²) >= 11 is 1.92. The van der Waals surface area contributed by atoms with Gasteiger partial charge in [0.15, 0.2) is 16.8 Å². The van der Waals surface area contributed by atoms with E-state index in [1.165, 1.54) is 0 Å². The van der Waals surface area contributed by atoms with Gasteiger partial charge in [-0.3, -0.25) is 13.8 Å². The number of carbonyl (C=O) groups is 3. The fourth-order valence-electron chi connectivity index (χ4n) is 8.07. The number of nitriles is 2. The van der Waals surface area contributed by atoms with E-state index < -0.39 is 45.4 Å². The standard InChI is InChI=1S/C22H39N4O4PS.C17H34NO7P.C13H28O8P2.4C2H6.CH2O/c1-3-17(30-31(2)29-15-9-13-23)10-5-4-8-14-24-20(27)12-7-6-11-19-21-18(16-32-19)25-22(28)26-21;1-3-6-19-8-9-20-10-11-21-12-13-22-14-15-23-16-17-25-26(2)24-7-4-5-18;1-3-4-5-6-7-8-19-23(16,17)21-12-9-11(2)20-13(12)10-18-22(14)15;5*1-2/h17-19,21H,3-12,14-16H2,1-2H3,(H,24,27)(H2,25,26,28);3-4,6-17H2,1-2H3;11-15H,3-10H2,1-2H3,(H,16,17);4*1-2H3;1H2. The maximum atomic E-state index is 12.0. The van der Waals surface area contributed by atoms with Gasteiger partial charge in [-0.25, -0.2) is 9.36 Å². The van der Waals surface area contributed by atoms with Crippen molar-refractivity contribution in [2.75, 3.05) is 125 Å². The second kappa shape index (κ2) is 76.0. The van der Waals surface area contributed by atoms with Crippen molar-refractivity contribution in [1.82, 2.24) is 16.0 Å². The molecule has 0 bridgehead atoms. The molecule has 0 spiro atoms. The van der Waals surface area contributed by atoms with E-state index in [2.05, 4.69) is 42.8 Å². The first kappa shape index (κ1) is 98.3. The monoisotopic (exact) mass is 1410 g/mol. The van der Waals surface area contributed by atoms with Crippen LogP contribution in [0.5, 0.6) is 0 Å². The third-order valence-corrected chi connectivity index (χ3v) is 17.3. The zero-order valence-corrected chi connectivity index (χ0v) is 62.8. The second-order valence-electron chi connectivity index (χ2n) is 19.1. The number of hydrogen-bond acceptors (Lipinski definition) is 22. The quantitative estimate of drug-likeness (QED) is 0.0187. The Balaban J connectivity index is -0.000000384. The first-order chi connectivity index (χ1) is 44.2. The highest BCUT2D eigenvalue weighted by Gasteiger charge is 2.43. The average Bonchev–Trinajstić information content (AvgIpc) is 1.99. The van der Waals surface area contributed by atoms with Gasteiger partial charge in [-0.15, -0.1) is 0 Å². The molecule has 30 heteroatoms. The van der Waals surface area contributed by atoms with Gasteiger partial charge in [0.05, 0.1) is 142 Å². The van der Waals surface area contributed by atoms with Crippen molar-refractivity contribution in [1.29, 1.82) is 10.5 Å². The number of carbonyl (C=O) groups excluding carboxylic acids is 3. The molecule has 3 amide bonds. The number of phosphoric ester groups is 1. The molecule has 91 heavy (non-hydrogen) atoms. The molecular weight excluding hydrogens is 1280 g/mol. The van der Waals surface area contributed by atoms with E-state index in [9.17, 15) is 19.0 Å². The molecule has 10 atom stereocenters. The van der Waals surface area contributed by atoms with Gasteiger partial charge in [0.2, 0.25) is 5.91 Å². The van der Waals surface area contributed by atoms with Crippen LogP contribution in [0.15, 0.2) is 0 Å². The molecule has 3 heterocycles. The first-order valence-electron chi connectivity index (χ1n) is 33.2. The van der Waals surface area contributed by atoms with Gasteiger partial charge >= 0.3 is 22.5 Å². The number of phosphoric acid groups is 1. The summed E-state index contributed by atoms with van der Waals surface area (Å²) in [5, 5.41) is 26.4. The van der Waals surface area contributed by atoms with Crippen molar-refractivity contribution in [2.24, 2.45) is 0 Å². The number of nitrogens with one attached hydrogen (secondary N) is 3. The normalized spacial score (nSPS) is 19.1. The van der Waals surface area contributed by atoms with Gasteiger partial charge in [0.25, 0.3) is 0 Å². The van der Waals surface area contributed by atoms with E-state index in [0.717, 1.165) is 102 Å². The van der Waals surface area contributed by atoms with Crippen LogP contribution in [0.4, 0.5) is 4.79 Å². The van der Waals surface area contributed by atoms with Gasteiger partial charge in [0, 0.05) is 50.3 Å². The zero-order chi connectivity index (χ0) is 69.6. The highest BCUT2D eigenvalue weighted by atomic mass is 32.2. The highest BCUT2D eigenvalue weighted by Crippen LogP contribution is 2.48. The Morgan fingerprint density at radius 2 is 1.23 bits per heavy atom. The third kappa shape index (κ3) is 64.4. The number of rotatable bonds is 50. The molecule has 0 aromatic rings. The summed E-state index contributed by atoms with van der Waals surface area (Å²) in [6.07, 6.45) is 14.5. The van der Waals surface area contributed by atoms with Gasteiger partial charge < -0.3 is 86.5 Å². The van der Waals surface area contributed by atoms with E-state index in [-0.39, 0.29) is 49.4 Å². The number of unbranched alkanes of at least 4 members (excludes halogenated alkanes) is 7. The number of thioether (sulfide) groups is 1. The second-order valence-corrected chi connectivity index (χ2v) is 25.3. The molecule has 0 aromatic heterocycles. The summed E-state index contributed by atoms with van der Waals surface area (Å²) in [4.78, 5) is 58.8. The summed E-state index contributed by atoms with van der Waals surface area (Å²) in [5.74, 6) is 1.12. The number of amides is 3. The maximum Gasteiger partial charge on any atom is 0.472 e. The van der Waals surface area contributed by atoms with Crippen molar-refractivity contribution in [3.05, 3.63) is 0 Å². The number of urea groups is 1. The molecule has 3 rings (SSSR count). The highest BCUT2D eigenvalue weighted by molar-refractivity contribution is 8.00. The maximum absolute atomic E-state index is 12.0. The van der Waals surface area contributed by atoms with Gasteiger partial charge in [-0.2, -0.15) is 22.3 Å². The molecule has 6 N–H and O–H groups in total. The molecule has 3 saturated heterocycles. The summed E-state index contributed by atoms with van der Waals surface area (Å²) < 4.78 is 81.4. The van der Waals surface area contributed by atoms with Crippen LogP contribution in [0.2, 0.25) is 0 Å². The average molecular weight is 1410 g/mol. The predicted octanol–water partition coefficient (Wildman–Crippen LogP) is 13.2. The van der Waals surface area contributed by atoms with Crippen molar-refractivity contribution in [3.63, 3.8) is 0 Å². The Morgan fingerprint density at radius 3 is 1.77 bits per heavy atom. The largest absolute Gasteiger partial charge is 0.472 e. The van der Waals surface area contributed by atoms with Crippen molar-refractivity contribution >= 4 is 63.7 Å². The van der Waals surface area contributed by atoms with E-state index in [4.69, 9.17) is 85.2 Å². The summed E-state index contributed by atoms with van der Waals surface area (Å²) in [6.45, 7) is 37.8.